The number of nitrogens with one attached hydrogen (secondary N) is 1. The van der Waals surface area contributed by atoms with Gasteiger partial charge in [-0.3, -0.25) is 13.9 Å². The van der Waals surface area contributed by atoms with Crippen LogP contribution < -0.4 is 15.4 Å². The number of aryl methyl sites for hydroxylation is 2. The van der Waals surface area contributed by atoms with Gasteiger partial charge in [-0.15, -0.1) is 0 Å². The van der Waals surface area contributed by atoms with E-state index in [1.165, 1.54) is 36.4 Å². The van der Waals surface area contributed by atoms with E-state index in [0.29, 0.717) is 16.9 Å². The summed E-state index contributed by atoms with van der Waals surface area (Å²) in [4.78, 5) is 24.1. The molecule has 0 saturated carbocycles. The van der Waals surface area contributed by atoms with Crippen molar-refractivity contribution in [1.29, 1.82) is 0 Å². The van der Waals surface area contributed by atoms with Crippen molar-refractivity contribution < 1.29 is 18.0 Å². The Hall–Kier alpha value is -3.65. The molecular weight excluding hydrogens is 414 g/mol. The van der Waals surface area contributed by atoms with Crippen LogP contribution in [-0.2, 0) is 14.8 Å². The highest BCUT2D eigenvalue weighted by Crippen LogP contribution is 2.27. The Morgan fingerprint density at radius 3 is 2.16 bits per heavy atom. The number of sulfonamides is 1. The summed E-state index contributed by atoms with van der Waals surface area (Å²) in [5.74, 6) is -1.10. The van der Waals surface area contributed by atoms with E-state index in [-0.39, 0.29) is 4.90 Å². The lowest BCUT2D eigenvalue weighted by Gasteiger charge is -2.26. The fourth-order valence-electron chi connectivity index (χ4n) is 3.15. The van der Waals surface area contributed by atoms with Gasteiger partial charge in [0, 0.05) is 11.3 Å². The monoisotopic (exact) mass is 437 g/mol. The normalized spacial score (nSPS) is 11.0. The highest BCUT2D eigenvalue weighted by Gasteiger charge is 2.28. The second-order valence-electron chi connectivity index (χ2n) is 7.10. The minimum Gasteiger partial charge on any atom is -0.366 e. The lowest BCUT2D eigenvalue weighted by Crippen LogP contribution is -2.38. The molecule has 0 unspecified atom stereocenters. The molecule has 0 aromatic heterocycles. The first-order valence-electron chi connectivity index (χ1n) is 9.53. The van der Waals surface area contributed by atoms with Crippen molar-refractivity contribution in [3.8, 4) is 0 Å². The van der Waals surface area contributed by atoms with Crippen LogP contribution in [-0.4, -0.2) is 26.8 Å². The van der Waals surface area contributed by atoms with Gasteiger partial charge in [0.05, 0.1) is 10.6 Å². The van der Waals surface area contributed by atoms with Crippen LogP contribution in [0.2, 0.25) is 0 Å². The Bertz CT molecular complexity index is 1210. The van der Waals surface area contributed by atoms with E-state index in [1.54, 1.807) is 37.3 Å². The van der Waals surface area contributed by atoms with Gasteiger partial charge in [-0.1, -0.05) is 35.9 Å². The lowest BCUT2D eigenvalue weighted by molar-refractivity contribution is -0.114. The highest BCUT2D eigenvalue weighted by molar-refractivity contribution is 7.92. The molecule has 31 heavy (non-hydrogen) atoms. The summed E-state index contributed by atoms with van der Waals surface area (Å²) in [6.45, 7) is 3.30. The minimum absolute atomic E-state index is 0.0913. The predicted molar refractivity (Wildman–Crippen MR) is 120 cm³/mol. The van der Waals surface area contributed by atoms with Gasteiger partial charge in [0.2, 0.25) is 11.8 Å². The second kappa shape index (κ2) is 9.01. The maximum atomic E-state index is 13.4. The molecule has 3 aromatic carbocycles. The van der Waals surface area contributed by atoms with Crippen LogP contribution in [0.5, 0.6) is 0 Å². The SMILES string of the molecule is Cc1ccc(N(CC(=O)Nc2ccc(C(N)=O)cc2)S(=O)(=O)c2ccccc2)c(C)c1. The average Bonchev–Trinajstić information content (AvgIpc) is 2.73. The van der Waals surface area contributed by atoms with E-state index < -0.39 is 28.4 Å². The van der Waals surface area contributed by atoms with Crippen LogP contribution in [0.3, 0.4) is 0 Å². The molecular formula is C23H23N3O4S. The first kappa shape index (κ1) is 22.0. The summed E-state index contributed by atoms with van der Waals surface area (Å²) in [5, 5.41) is 2.67. The summed E-state index contributed by atoms with van der Waals surface area (Å²) in [7, 11) is -3.98. The summed E-state index contributed by atoms with van der Waals surface area (Å²) >= 11 is 0. The average molecular weight is 438 g/mol. The van der Waals surface area contributed by atoms with Gasteiger partial charge >= 0.3 is 0 Å². The van der Waals surface area contributed by atoms with E-state index in [4.69, 9.17) is 5.73 Å². The van der Waals surface area contributed by atoms with Crippen LogP contribution in [0.25, 0.3) is 0 Å². The lowest BCUT2D eigenvalue weighted by atomic mass is 10.1. The summed E-state index contributed by atoms with van der Waals surface area (Å²) < 4.78 is 27.8. The smallest absolute Gasteiger partial charge is 0.264 e. The summed E-state index contributed by atoms with van der Waals surface area (Å²) in [5.41, 5.74) is 8.10. The third kappa shape index (κ3) is 5.10. The van der Waals surface area contributed by atoms with Gasteiger partial charge in [-0.05, 0) is 61.9 Å². The fourth-order valence-corrected chi connectivity index (χ4v) is 4.66. The topological polar surface area (TPSA) is 110 Å². The number of carbonyl (C=O) groups excluding carboxylic acids is 2. The number of primary amides is 1. The van der Waals surface area contributed by atoms with Crippen molar-refractivity contribution in [2.75, 3.05) is 16.2 Å². The molecule has 2 amide bonds. The van der Waals surface area contributed by atoms with E-state index in [9.17, 15) is 18.0 Å². The third-order valence-electron chi connectivity index (χ3n) is 4.69. The maximum Gasteiger partial charge on any atom is 0.264 e. The zero-order chi connectivity index (χ0) is 22.6. The van der Waals surface area contributed by atoms with Crippen LogP contribution in [0.4, 0.5) is 11.4 Å². The van der Waals surface area contributed by atoms with Gasteiger partial charge in [0.15, 0.2) is 0 Å². The largest absolute Gasteiger partial charge is 0.366 e. The number of rotatable bonds is 7. The number of anilines is 2. The molecule has 160 valence electrons. The summed E-state index contributed by atoms with van der Waals surface area (Å²) in [6.07, 6.45) is 0. The van der Waals surface area contributed by atoms with Gasteiger partial charge in [0.25, 0.3) is 10.0 Å². The number of nitrogens with zero attached hydrogens (tertiary/aromatic N) is 1. The molecule has 0 radical (unpaired) electrons. The number of hydrogen-bond acceptors (Lipinski definition) is 4. The molecule has 3 aromatic rings. The molecule has 3 rings (SSSR count). The zero-order valence-electron chi connectivity index (χ0n) is 17.2. The van der Waals surface area contributed by atoms with Crippen molar-refractivity contribution in [2.24, 2.45) is 5.73 Å². The Morgan fingerprint density at radius 1 is 0.935 bits per heavy atom. The standard InChI is InChI=1S/C23H23N3O4S/c1-16-8-13-21(17(2)14-16)26(31(29,30)20-6-4-3-5-7-20)15-22(27)25-19-11-9-18(10-12-19)23(24)28/h3-14H,15H2,1-2H3,(H2,24,28)(H,25,27). The molecule has 0 fully saturated rings. The number of nitrogens with two attached hydrogens (primary N) is 1. The van der Waals surface area contributed by atoms with Crippen molar-refractivity contribution in [1.82, 2.24) is 0 Å². The molecule has 0 spiro atoms. The Balaban J connectivity index is 1.93. The molecule has 0 aliphatic heterocycles. The van der Waals surface area contributed by atoms with Crippen LogP contribution in [0.15, 0.2) is 77.7 Å². The van der Waals surface area contributed by atoms with E-state index in [0.717, 1.165) is 15.4 Å². The molecule has 0 aliphatic carbocycles. The van der Waals surface area contributed by atoms with Crippen LogP contribution in [0.1, 0.15) is 21.5 Å². The predicted octanol–water partition coefficient (Wildman–Crippen LogP) is 3.24. The van der Waals surface area contributed by atoms with Gasteiger partial charge in [-0.25, -0.2) is 8.42 Å². The van der Waals surface area contributed by atoms with Crippen LogP contribution in [0, 0.1) is 13.8 Å². The van der Waals surface area contributed by atoms with Crippen molar-refractivity contribution in [3.05, 3.63) is 89.5 Å². The van der Waals surface area contributed by atoms with Gasteiger partial charge in [0.1, 0.15) is 6.54 Å². The Labute approximate surface area is 181 Å². The first-order chi connectivity index (χ1) is 14.7. The Morgan fingerprint density at radius 2 is 1.58 bits per heavy atom. The van der Waals surface area contributed by atoms with Crippen molar-refractivity contribution >= 4 is 33.2 Å². The fraction of sp³-hybridized carbons (Fsp3) is 0.130. The summed E-state index contributed by atoms with van der Waals surface area (Å²) in [6, 6.07) is 19.4. The number of amides is 2. The zero-order valence-corrected chi connectivity index (χ0v) is 18.0. The first-order valence-corrected chi connectivity index (χ1v) is 11.0. The maximum absolute atomic E-state index is 13.4. The van der Waals surface area contributed by atoms with Gasteiger partial charge in [-0.2, -0.15) is 0 Å². The molecule has 3 N–H and O–H groups in total. The van der Waals surface area contributed by atoms with E-state index in [2.05, 4.69) is 5.32 Å². The molecule has 0 heterocycles. The van der Waals surface area contributed by atoms with Gasteiger partial charge < -0.3 is 11.1 Å². The van der Waals surface area contributed by atoms with Crippen molar-refractivity contribution in [2.45, 2.75) is 18.7 Å². The quantitative estimate of drug-likeness (QED) is 0.591. The van der Waals surface area contributed by atoms with Crippen molar-refractivity contribution in [3.63, 3.8) is 0 Å². The molecule has 7 nitrogen and oxygen atoms in total. The highest BCUT2D eigenvalue weighted by atomic mass is 32.2. The molecule has 0 saturated heterocycles. The molecule has 0 bridgehead atoms. The molecule has 8 heteroatoms. The second-order valence-corrected chi connectivity index (χ2v) is 8.97. The van der Waals surface area contributed by atoms with Crippen LogP contribution >= 0.6 is 0 Å². The minimum atomic E-state index is -3.98. The number of benzene rings is 3. The molecule has 0 aliphatic rings. The van der Waals surface area contributed by atoms with E-state index >= 15 is 0 Å². The molecule has 0 atom stereocenters. The Kier molecular flexibility index (Phi) is 6.41. The number of carbonyl (C=O) groups is 2. The van der Waals surface area contributed by atoms with E-state index in [1.807, 2.05) is 13.0 Å². The number of hydrogen-bond donors (Lipinski definition) is 2. The third-order valence-corrected chi connectivity index (χ3v) is 6.47.